The molecule has 10 heteroatoms. The second-order valence-corrected chi connectivity index (χ2v) is 8.67. The summed E-state index contributed by atoms with van der Waals surface area (Å²) in [6.45, 7) is 0.555. The Balaban J connectivity index is 1.49. The fourth-order valence-corrected chi connectivity index (χ4v) is 4.43. The first kappa shape index (κ1) is 21.1. The first-order chi connectivity index (χ1) is 15.3. The number of nitrogens with zero attached hydrogens (tertiary/aromatic N) is 5. The number of benzene rings is 1. The molecule has 2 aromatic heterocycles. The molecule has 0 radical (unpaired) electrons. The van der Waals surface area contributed by atoms with Gasteiger partial charge in [0, 0.05) is 30.2 Å². The van der Waals surface area contributed by atoms with Crippen molar-refractivity contribution in [2.24, 2.45) is 0 Å². The van der Waals surface area contributed by atoms with Gasteiger partial charge in [0.2, 0.25) is 5.91 Å². The summed E-state index contributed by atoms with van der Waals surface area (Å²) in [7, 11) is 0. The lowest BCUT2D eigenvalue weighted by Crippen LogP contribution is -2.46. The molecule has 1 aromatic carbocycles. The molecule has 0 N–H and O–H groups in total. The van der Waals surface area contributed by atoms with E-state index in [9.17, 15) is 18.0 Å². The fourth-order valence-electron chi connectivity index (χ4n) is 4.27. The second kappa shape index (κ2) is 7.95. The van der Waals surface area contributed by atoms with Crippen LogP contribution in [-0.2, 0) is 17.9 Å². The lowest BCUT2D eigenvalue weighted by atomic mass is 10.2. The van der Waals surface area contributed by atoms with Gasteiger partial charge in [0.25, 0.3) is 0 Å². The Morgan fingerprint density at radius 3 is 2.72 bits per heavy atom. The van der Waals surface area contributed by atoms with Gasteiger partial charge in [-0.25, -0.2) is 4.98 Å². The molecule has 0 unspecified atom stereocenters. The molecule has 6 nitrogen and oxygen atoms in total. The zero-order valence-electron chi connectivity index (χ0n) is 17.1. The zero-order chi connectivity index (χ0) is 22.5. The molecule has 0 bridgehead atoms. The standard InChI is InChI=1S/C22H21ClF3N5O/c23-14-2-5-17-16(10-14)28-20(29(17)9-1-7-22(24,25)26)12-31-19-11-27-8-6-18(19)30(13-21(31)32)15-3-4-15/h2,5-6,8,10-11,15H,1,3-4,7,9,12-13H2. The maximum absolute atomic E-state index is 13.1. The molecule has 1 aliphatic carbocycles. The average molecular weight is 464 g/mol. The Kier molecular flexibility index (Phi) is 5.23. The molecule has 32 heavy (non-hydrogen) atoms. The number of pyridine rings is 1. The average Bonchev–Trinajstić information content (AvgIpc) is 3.52. The molecule has 5 rings (SSSR count). The maximum atomic E-state index is 13.1. The molecule has 1 saturated carbocycles. The minimum absolute atomic E-state index is 0.0772. The number of aryl methyl sites for hydroxylation is 1. The number of hydrogen-bond acceptors (Lipinski definition) is 4. The first-order valence-corrected chi connectivity index (χ1v) is 10.9. The molecular formula is C22H21ClF3N5O. The highest BCUT2D eigenvalue weighted by molar-refractivity contribution is 6.31. The minimum atomic E-state index is -4.22. The van der Waals surface area contributed by atoms with Gasteiger partial charge in [0.05, 0.1) is 41.7 Å². The van der Waals surface area contributed by atoms with Gasteiger partial charge in [-0.05, 0) is 43.5 Å². The van der Waals surface area contributed by atoms with Gasteiger partial charge in [-0.1, -0.05) is 11.6 Å². The van der Waals surface area contributed by atoms with Gasteiger partial charge in [0.15, 0.2) is 0 Å². The second-order valence-electron chi connectivity index (χ2n) is 8.23. The number of hydrogen-bond donors (Lipinski definition) is 0. The van der Waals surface area contributed by atoms with Crippen LogP contribution in [0.4, 0.5) is 24.5 Å². The predicted molar refractivity (Wildman–Crippen MR) is 116 cm³/mol. The van der Waals surface area contributed by atoms with Crippen molar-refractivity contribution in [3.8, 4) is 0 Å². The number of amides is 1. The van der Waals surface area contributed by atoms with Gasteiger partial charge in [-0.2, -0.15) is 13.2 Å². The molecule has 0 spiro atoms. The molecule has 1 aliphatic heterocycles. The molecule has 168 valence electrons. The van der Waals surface area contributed by atoms with Crippen molar-refractivity contribution < 1.29 is 18.0 Å². The fraction of sp³-hybridized carbons (Fsp3) is 0.409. The normalized spacial score (nSPS) is 16.7. The van der Waals surface area contributed by atoms with E-state index in [0.29, 0.717) is 33.6 Å². The van der Waals surface area contributed by atoms with Crippen LogP contribution in [0.25, 0.3) is 11.0 Å². The van der Waals surface area contributed by atoms with Crippen molar-refractivity contribution in [3.05, 3.63) is 47.5 Å². The molecule has 2 aliphatic rings. The van der Waals surface area contributed by atoms with Gasteiger partial charge in [-0.3, -0.25) is 14.7 Å². The van der Waals surface area contributed by atoms with Crippen molar-refractivity contribution in [3.63, 3.8) is 0 Å². The Morgan fingerprint density at radius 1 is 1.16 bits per heavy atom. The monoisotopic (exact) mass is 463 g/mol. The van der Waals surface area contributed by atoms with E-state index in [-0.39, 0.29) is 32.0 Å². The lowest BCUT2D eigenvalue weighted by molar-refractivity contribution is -0.135. The van der Waals surface area contributed by atoms with Crippen molar-refractivity contribution >= 4 is 39.9 Å². The largest absolute Gasteiger partial charge is 0.389 e. The van der Waals surface area contributed by atoms with Gasteiger partial charge >= 0.3 is 6.18 Å². The number of carbonyl (C=O) groups excluding carboxylic acids is 1. The van der Waals surface area contributed by atoms with Crippen molar-refractivity contribution in [1.29, 1.82) is 0 Å². The van der Waals surface area contributed by atoms with Crippen LogP contribution in [0.1, 0.15) is 31.5 Å². The van der Waals surface area contributed by atoms with Crippen molar-refractivity contribution in [1.82, 2.24) is 14.5 Å². The van der Waals surface area contributed by atoms with Crippen LogP contribution in [0, 0.1) is 0 Å². The minimum Gasteiger partial charge on any atom is -0.357 e. The number of halogens is 4. The Morgan fingerprint density at radius 2 is 1.97 bits per heavy atom. The number of aromatic nitrogens is 3. The number of fused-ring (bicyclic) bond motifs is 2. The van der Waals surface area contributed by atoms with Crippen LogP contribution < -0.4 is 9.80 Å². The molecule has 3 aromatic rings. The third-order valence-electron chi connectivity index (χ3n) is 5.90. The van der Waals surface area contributed by atoms with Crippen LogP contribution >= 0.6 is 11.6 Å². The van der Waals surface area contributed by atoms with E-state index in [4.69, 9.17) is 11.6 Å². The summed E-state index contributed by atoms with van der Waals surface area (Å²) in [6.07, 6.45) is 0.304. The number of imidazole rings is 1. The first-order valence-electron chi connectivity index (χ1n) is 10.5. The predicted octanol–water partition coefficient (Wildman–Crippen LogP) is 4.94. The van der Waals surface area contributed by atoms with Crippen LogP contribution in [-0.4, -0.2) is 39.2 Å². The highest BCUT2D eigenvalue weighted by Crippen LogP contribution is 2.40. The summed E-state index contributed by atoms with van der Waals surface area (Å²) < 4.78 is 40.0. The smallest absolute Gasteiger partial charge is 0.357 e. The summed E-state index contributed by atoms with van der Waals surface area (Å²) in [5.74, 6) is 0.441. The van der Waals surface area contributed by atoms with E-state index < -0.39 is 12.6 Å². The summed E-state index contributed by atoms with van der Waals surface area (Å²) in [6, 6.07) is 7.40. The number of carbonyl (C=O) groups is 1. The van der Waals surface area contributed by atoms with Gasteiger partial charge < -0.3 is 9.47 Å². The molecule has 1 amide bonds. The molecule has 3 heterocycles. The van der Waals surface area contributed by atoms with E-state index in [1.54, 1.807) is 40.1 Å². The summed E-state index contributed by atoms with van der Waals surface area (Å²) in [5, 5.41) is 0.493. The zero-order valence-corrected chi connectivity index (χ0v) is 17.9. The van der Waals surface area contributed by atoms with E-state index >= 15 is 0 Å². The van der Waals surface area contributed by atoms with E-state index in [0.717, 1.165) is 18.5 Å². The SMILES string of the molecule is O=C1CN(C2CC2)c2ccncc2N1Cc1nc2cc(Cl)ccc2n1CCCC(F)(F)F. The van der Waals surface area contributed by atoms with E-state index in [2.05, 4.69) is 14.9 Å². The summed E-state index contributed by atoms with van der Waals surface area (Å²) >= 11 is 6.10. The topological polar surface area (TPSA) is 54.3 Å². The number of rotatable bonds is 6. The quantitative estimate of drug-likeness (QED) is 0.519. The van der Waals surface area contributed by atoms with Gasteiger partial charge in [0.1, 0.15) is 5.82 Å². The van der Waals surface area contributed by atoms with Crippen LogP contribution in [0.5, 0.6) is 0 Å². The Bertz CT molecular complexity index is 1170. The van der Waals surface area contributed by atoms with Crippen molar-refractivity contribution in [2.75, 3.05) is 16.3 Å². The molecule has 1 fully saturated rings. The molecule has 0 atom stereocenters. The third-order valence-corrected chi connectivity index (χ3v) is 6.14. The summed E-state index contributed by atoms with van der Waals surface area (Å²) in [4.78, 5) is 25.6. The highest BCUT2D eigenvalue weighted by atomic mass is 35.5. The summed E-state index contributed by atoms with van der Waals surface area (Å²) in [5.41, 5.74) is 2.93. The number of alkyl halides is 3. The van der Waals surface area contributed by atoms with E-state index in [1.807, 2.05) is 6.07 Å². The molecule has 0 saturated heterocycles. The van der Waals surface area contributed by atoms with Crippen molar-refractivity contribution in [2.45, 2.75) is 51.0 Å². The van der Waals surface area contributed by atoms with Crippen LogP contribution in [0.2, 0.25) is 5.02 Å². The lowest BCUT2D eigenvalue weighted by Gasteiger charge is -2.37. The van der Waals surface area contributed by atoms with E-state index in [1.165, 1.54) is 0 Å². The highest BCUT2D eigenvalue weighted by Gasteiger charge is 2.38. The third kappa shape index (κ3) is 4.13. The van der Waals surface area contributed by atoms with Crippen LogP contribution in [0.3, 0.4) is 0 Å². The Hall–Kier alpha value is -2.81. The van der Waals surface area contributed by atoms with Gasteiger partial charge in [-0.15, -0.1) is 0 Å². The molecular weight excluding hydrogens is 443 g/mol. The Labute approximate surface area is 187 Å². The number of anilines is 2. The maximum Gasteiger partial charge on any atom is 0.389 e. The van der Waals surface area contributed by atoms with Crippen LogP contribution in [0.15, 0.2) is 36.7 Å².